The van der Waals surface area contributed by atoms with Crippen molar-refractivity contribution >= 4 is 27.7 Å². The van der Waals surface area contributed by atoms with E-state index in [4.69, 9.17) is 0 Å². The Morgan fingerprint density at radius 2 is 2.00 bits per heavy atom. The number of amides is 2. The molecule has 2 N–H and O–H groups in total. The minimum atomic E-state index is -0.349. The van der Waals surface area contributed by atoms with Crippen LogP contribution in [0.15, 0.2) is 28.7 Å². The topological polar surface area (TPSA) is 61.4 Å². The summed E-state index contributed by atoms with van der Waals surface area (Å²) in [6.07, 6.45) is 1.60. The largest absolute Gasteiger partial charge is 0.353 e. The van der Waals surface area contributed by atoms with Crippen molar-refractivity contribution < 1.29 is 9.59 Å². The zero-order valence-corrected chi connectivity index (χ0v) is 14.4. The first kappa shape index (κ1) is 17.0. The number of hydrogen-bond acceptors (Lipinski definition) is 3. The standard InChI is InChI=1S/C16H22BrN3O2/c1-2-18-9-10-19-15(21)14-4-3-11-20(14)16(22)12-5-7-13(17)8-6-12/h5-8,14,18H,2-4,9-11H2,1H3,(H,19,21). The first-order valence-corrected chi connectivity index (χ1v) is 8.47. The van der Waals surface area contributed by atoms with Crippen molar-refractivity contribution in [1.29, 1.82) is 0 Å². The lowest BCUT2D eigenvalue weighted by molar-refractivity contribution is -0.124. The minimum absolute atomic E-state index is 0.0548. The average Bonchev–Trinajstić information content (AvgIpc) is 3.01. The molecule has 0 bridgehead atoms. The number of nitrogens with zero attached hydrogens (tertiary/aromatic N) is 1. The quantitative estimate of drug-likeness (QED) is 0.753. The van der Waals surface area contributed by atoms with Gasteiger partial charge in [-0.3, -0.25) is 9.59 Å². The predicted octanol–water partition coefficient (Wildman–Crippen LogP) is 1.78. The molecule has 5 nitrogen and oxygen atoms in total. The molecule has 0 aliphatic carbocycles. The predicted molar refractivity (Wildman–Crippen MR) is 89.8 cm³/mol. The second-order valence-electron chi connectivity index (χ2n) is 5.31. The molecule has 1 heterocycles. The monoisotopic (exact) mass is 367 g/mol. The molecule has 0 saturated carbocycles. The second-order valence-corrected chi connectivity index (χ2v) is 6.22. The Balaban J connectivity index is 1.96. The summed E-state index contributed by atoms with van der Waals surface area (Å²) in [5, 5.41) is 6.06. The maximum atomic E-state index is 12.6. The maximum Gasteiger partial charge on any atom is 0.254 e. The van der Waals surface area contributed by atoms with Gasteiger partial charge in [-0.25, -0.2) is 0 Å². The van der Waals surface area contributed by atoms with Crippen molar-refractivity contribution in [2.75, 3.05) is 26.2 Å². The van der Waals surface area contributed by atoms with Crippen molar-refractivity contribution in [3.05, 3.63) is 34.3 Å². The number of hydrogen-bond donors (Lipinski definition) is 2. The van der Waals surface area contributed by atoms with Crippen LogP contribution in [0.5, 0.6) is 0 Å². The van der Waals surface area contributed by atoms with Crippen LogP contribution in [0.3, 0.4) is 0 Å². The Kier molecular flexibility index (Phi) is 6.39. The molecule has 6 heteroatoms. The number of nitrogens with one attached hydrogen (secondary N) is 2. The molecular formula is C16H22BrN3O2. The van der Waals surface area contributed by atoms with E-state index in [9.17, 15) is 9.59 Å². The van der Waals surface area contributed by atoms with E-state index in [0.29, 0.717) is 18.7 Å². The smallest absolute Gasteiger partial charge is 0.254 e. The van der Waals surface area contributed by atoms with E-state index in [0.717, 1.165) is 30.4 Å². The van der Waals surface area contributed by atoms with Crippen LogP contribution in [0.1, 0.15) is 30.1 Å². The molecule has 1 aliphatic rings. The summed E-state index contributed by atoms with van der Waals surface area (Å²) in [6, 6.07) is 6.90. The Hall–Kier alpha value is -1.40. The number of carbonyl (C=O) groups is 2. The third kappa shape index (κ3) is 4.30. The molecule has 0 radical (unpaired) electrons. The van der Waals surface area contributed by atoms with Gasteiger partial charge in [0.2, 0.25) is 5.91 Å². The first-order valence-electron chi connectivity index (χ1n) is 7.68. The van der Waals surface area contributed by atoms with Crippen LogP contribution in [-0.4, -0.2) is 48.9 Å². The van der Waals surface area contributed by atoms with Gasteiger partial charge in [0.05, 0.1) is 0 Å². The highest BCUT2D eigenvalue weighted by atomic mass is 79.9. The highest BCUT2D eigenvalue weighted by Crippen LogP contribution is 2.21. The van der Waals surface area contributed by atoms with Crippen molar-refractivity contribution in [3.63, 3.8) is 0 Å². The summed E-state index contributed by atoms with van der Waals surface area (Å²) in [5.41, 5.74) is 0.621. The molecule has 2 amide bonds. The van der Waals surface area contributed by atoms with Crippen molar-refractivity contribution in [2.45, 2.75) is 25.8 Å². The van der Waals surface area contributed by atoms with E-state index in [1.54, 1.807) is 17.0 Å². The van der Waals surface area contributed by atoms with Gasteiger partial charge in [0.15, 0.2) is 0 Å². The third-order valence-corrected chi connectivity index (χ3v) is 4.29. The fourth-order valence-corrected chi connectivity index (χ4v) is 2.87. The molecule has 1 aromatic rings. The molecule has 2 rings (SSSR count). The number of benzene rings is 1. The lowest BCUT2D eigenvalue weighted by Gasteiger charge is -2.24. The molecule has 22 heavy (non-hydrogen) atoms. The highest BCUT2D eigenvalue weighted by molar-refractivity contribution is 9.10. The molecule has 1 aliphatic heterocycles. The summed E-state index contributed by atoms with van der Waals surface area (Å²) in [7, 11) is 0. The molecule has 0 spiro atoms. The number of likely N-dealkylation sites (tertiary alicyclic amines) is 1. The lowest BCUT2D eigenvalue weighted by Crippen LogP contribution is -2.47. The van der Waals surface area contributed by atoms with Gasteiger partial charge in [-0.15, -0.1) is 0 Å². The van der Waals surface area contributed by atoms with Crippen molar-refractivity contribution in [3.8, 4) is 0 Å². The van der Waals surface area contributed by atoms with Crippen LogP contribution in [-0.2, 0) is 4.79 Å². The van der Waals surface area contributed by atoms with E-state index in [-0.39, 0.29) is 17.9 Å². The van der Waals surface area contributed by atoms with E-state index < -0.39 is 0 Å². The normalized spacial score (nSPS) is 17.5. The Bertz CT molecular complexity index is 519. The summed E-state index contributed by atoms with van der Waals surface area (Å²) in [5.74, 6) is -0.127. The molecular weight excluding hydrogens is 346 g/mol. The fourth-order valence-electron chi connectivity index (χ4n) is 2.61. The molecule has 1 fully saturated rings. The Morgan fingerprint density at radius 1 is 1.27 bits per heavy atom. The van der Waals surface area contributed by atoms with Gasteiger partial charge in [0.25, 0.3) is 5.91 Å². The van der Waals surface area contributed by atoms with Gasteiger partial charge in [0, 0.05) is 29.7 Å². The van der Waals surface area contributed by atoms with Gasteiger partial charge in [-0.05, 0) is 43.7 Å². The summed E-state index contributed by atoms with van der Waals surface area (Å²) >= 11 is 3.36. The number of carbonyl (C=O) groups excluding carboxylic acids is 2. The van der Waals surface area contributed by atoms with E-state index in [2.05, 4.69) is 26.6 Å². The van der Waals surface area contributed by atoms with Gasteiger partial charge in [-0.1, -0.05) is 22.9 Å². The van der Waals surface area contributed by atoms with E-state index in [1.807, 2.05) is 19.1 Å². The van der Waals surface area contributed by atoms with E-state index >= 15 is 0 Å². The minimum Gasteiger partial charge on any atom is -0.353 e. The number of rotatable bonds is 6. The Labute approximate surface area is 139 Å². The van der Waals surface area contributed by atoms with Crippen LogP contribution in [0.2, 0.25) is 0 Å². The van der Waals surface area contributed by atoms with Crippen LogP contribution in [0.25, 0.3) is 0 Å². The summed E-state index contributed by atoms with van der Waals surface area (Å²) in [6.45, 7) is 4.88. The van der Waals surface area contributed by atoms with E-state index in [1.165, 1.54) is 0 Å². The molecule has 1 unspecified atom stereocenters. The van der Waals surface area contributed by atoms with Gasteiger partial charge < -0.3 is 15.5 Å². The fraction of sp³-hybridized carbons (Fsp3) is 0.500. The zero-order valence-electron chi connectivity index (χ0n) is 12.8. The number of likely N-dealkylation sites (N-methyl/N-ethyl adjacent to an activating group) is 1. The molecule has 1 atom stereocenters. The van der Waals surface area contributed by atoms with Crippen molar-refractivity contribution in [1.82, 2.24) is 15.5 Å². The van der Waals surface area contributed by atoms with Gasteiger partial charge in [-0.2, -0.15) is 0 Å². The molecule has 1 saturated heterocycles. The maximum absolute atomic E-state index is 12.6. The summed E-state index contributed by atoms with van der Waals surface area (Å²) < 4.78 is 0.934. The lowest BCUT2D eigenvalue weighted by atomic mass is 10.1. The summed E-state index contributed by atoms with van der Waals surface area (Å²) in [4.78, 5) is 26.5. The Morgan fingerprint density at radius 3 is 2.68 bits per heavy atom. The second kappa shape index (κ2) is 8.29. The number of halogens is 1. The zero-order chi connectivity index (χ0) is 15.9. The van der Waals surface area contributed by atoms with Crippen LogP contribution in [0.4, 0.5) is 0 Å². The molecule has 120 valence electrons. The highest BCUT2D eigenvalue weighted by Gasteiger charge is 2.34. The van der Waals surface area contributed by atoms with Gasteiger partial charge >= 0.3 is 0 Å². The SMILES string of the molecule is CCNCCNC(=O)C1CCCN1C(=O)c1ccc(Br)cc1. The van der Waals surface area contributed by atoms with Crippen molar-refractivity contribution in [2.24, 2.45) is 0 Å². The first-order chi connectivity index (χ1) is 10.6. The third-order valence-electron chi connectivity index (χ3n) is 3.76. The van der Waals surface area contributed by atoms with Crippen LogP contribution < -0.4 is 10.6 Å². The van der Waals surface area contributed by atoms with Crippen LogP contribution in [0, 0.1) is 0 Å². The average molecular weight is 368 g/mol. The molecule has 0 aromatic heterocycles. The van der Waals surface area contributed by atoms with Gasteiger partial charge in [0.1, 0.15) is 6.04 Å². The van der Waals surface area contributed by atoms with Crippen LogP contribution >= 0.6 is 15.9 Å². The molecule has 1 aromatic carbocycles.